The molecule has 0 saturated carbocycles. The van der Waals surface area contributed by atoms with Crippen molar-refractivity contribution < 1.29 is 18.4 Å². The average Bonchev–Trinajstić information content (AvgIpc) is 3.19. The van der Waals surface area contributed by atoms with Crippen LogP contribution in [0.1, 0.15) is 5.56 Å². The van der Waals surface area contributed by atoms with Crippen molar-refractivity contribution in [2.45, 2.75) is 23.0 Å². The summed E-state index contributed by atoms with van der Waals surface area (Å²) in [5, 5.41) is 1.00. The maximum absolute atomic E-state index is 14.1. The molecule has 0 spiro atoms. The van der Waals surface area contributed by atoms with E-state index in [9.17, 15) is 4.39 Å². The quantitative estimate of drug-likeness (QED) is 0.405. The SMILES string of the molecule is COc1ccc(OC)c(Sc2nc3c([nH]2)c(N)nc[n+]3CCc2c(F)cccc2Cl)c1. The molecule has 0 bridgehead atoms. The summed E-state index contributed by atoms with van der Waals surface area (Å²) in [6.07, 6.45) is 1.98. The van der Waals surface area contributed by atoms with Crippen molar-refractivity contribution in [1.29, 1.82) is 0 Å². The van der Waals surface area contributed by atoms with Crippen molar-refractivity contribution in [3.63, 3.8) is 0 Å². The van der Waals surface area contributed by atoms with Crippen molar-refractivity contribution in [2.24, 2.45) is 0 Å². The van der Waals surface area contributed by atoms with E-state index in [0.29, 0.717) is 57.2 Å². The first kappa shape index (κ1) is 21.2. The number of anilines is 1. The van der Waals surface area contributed by atoms with Crippen LogP contribution in [0.4, 0.5) is 10.2 Å². The third-order valence-corrected chi connectivity index (χ3v) is 6.05. The van der Waals surface area contributed by atoms with Crippen LogP contribution in [-0.2, 0) is 13.0 Å². The first-order valence-electron chi connectivity index (χ1n) is 9.36. The van der Waals surface area contributed by atoms with Crippen molar-refractivity contribution in [3.05, 3.63) is 59.1 Å². The van der Waals surface area contributed by atoms with E-state index in [1.165, 1.54) is 17.8 Å². The van der Waals surface area contributed by atoms with E-state index in [2.05, 4.69) is 15.0 Å². The topological polar surface area (TPSA) is 89.9 Å². The van der Waals surface area contributed by atoms with Crippen molar-refractivity contribution in [1.82, 2.24) is 15.0 Å². The normalized spacial score (nSPS) is 11.1. The molecule has 2 aromatic heterocycles. The van der Waals surface area contributed by atoms with Gasteiger partial charge in [-0.05, 0) is 42.1 Å². The Balaban J connectivity index is 1.66. The Hall–Kier alpha value is -3.04. The lowest BCUT2D eigenvalue weighted by Gasteiger charge is -2.07. The van der Waals surface area contributed by atoms with Gasteiger partial charge in [0.25, 0.3) is 5.65 Å². The molecule has 3 N–H and O–H groups in total. The van der Waals surface area contributed by atoms with Crippen LogP contribution in [0.5, 0.6) is 11.5 Å². The molecular formula is C21H20ClFN5O2S+. The first-order valence-corrected chi connectivity index (χ1v) is 10.6. The van der Waals surface area contributed by atoms with E-state index in [-0.39, 0.29) is 5.82 Å². The fraction of sp³-hybridized carbons (Fsp3) is 0.190. The number of ether oxygens (including phenoxy) is 2. The van der Waals surface area contributed by atoms with Crippen LogP contribution < -0.4 is 19.8 Å². The van der Waals surface area contributed by atoms with Gasteiger partial charge in [0.1, 0.15) is 17.3 Å². The molecule has 160 valence electrons. The number of methoxy groups -OCH3 is 2. The zero-order chi connectivity index (χ0) is 22.0. The Morgan fingerprint density at radius 3 is 2.81 bits per heavy atom. The molecule has 0 radical (unpaired) electrons. The minimum absolute atomic E-state index is 0.326. The summed E-state index contributed by atoms with van der Waals surface area (Å²) < 4.78 is 26.7. The number of benzene rings is 2. The largest absolute Gasteiger partial charge is 0.497 e. The minimum Gasteiger partial charge on any atom is -0.497 e. The molecule has 7 nitrogen and oxygen atoms in total. The molecule has 0 aliphatic heterocycles. The summed E-state index contributed by atoms with van der Waals surface area (Å²) in [7, 11) is 3.21. The zero-order valence-corrected chi connectivity index (χ0v) is 18.4. The number of aromatic amines is 1. The fourth-order valence-corrected chi connectivity index (χ4v) is 4.34. The summed E-state index contributed by atoms with van der Waals surface area (Å²) in [5.74, 6) is 1.39. The third-order valence-electron chi connectivity index (χ3n) is 4.77. The van der Waals surface area contributed by atoms with E-state index in [0.717, 1.165) is 4.90 Å². The second kappa shape index (κ2) is 8.99. The highest BCUT2D eigenvalue weighted by Gasteiger charge is 2.21. The highest BCUT2D eigenvalue weighted by molar-refractivity contribution is 7.99. The standard InChI is InChI=1S/C21H19ClFN5O2S/c1-29-12-6-7-16(30-2)17(10-12)31-21-26-18-19(24)25-11-28(20(18)27-21)9-8-13-14(22)4-3-5-15(13)23/h3-7,10-11H,8-9H2,1-2H3,(H2,24,26,27)/p+1. The summed E-state index contributed by atoms with van der Waals surface area (Å²) in [6.45, 7) is 0.432. The number of nitrogen functional groups attached to an aromatic ring is 1. The van der Waals surface area contributed by atoms with Gasteiger partial charge in [0.05, 0.1) is 25.7 Å². The number of nitrogens with two attached hydrogens (primary N) is 1. The molecule has 10 heteroatoms. The fourth-order valence-electron chi connectivity index (χ4n) is 3.16. The van der Waals surface area contributed by atoms with Crippen LogP contribution in [0.15, 0.2) is 52.8 Å². The molecule has 4 aromatic rings. The smallest absolute Gasteiger partial charge is 0.294 e. The molecule has 2 aromatic carbocycles. The van der Waals surface area contributed by atoms with Crippen LogP contribution in [0.3, 0.4) is 0 Å². The molecule has 0 fully saturated rings. The predicted octanol–water partition coefficient (Wildman–Crippen LogP) is 4.03. The average molecular weight is 461 g/mol. The van der Waals surface area contributed by atoms with E-state index >= 15 is 0 Å². The number of aromatic nitrogens is 4. The molecule has 2 heterocycles. The van der Waals surface area contributed by atoms with Crippen LogP contribution in [0.2, 0.25) is 5.02 Å². The Morgan fingerprint density at radius 2 is 2.06 bits per heavy atom. The number of hydrogen-bond acceptors (Lipinski definition) is 6. The summed E-state index contributed by atoms with van der Waals surface area (Å²) in [4.78, 5) is 13.0. The van der Waals surface area contributed by atoms with Gasteiger partial charge in [-0.3, -0.25) is 0 Å². The lowest BCUT2D eigenvalue weighted by Crippen LogP contribution is -2.36. The summed E-state index contributed by atoms with van der Waals surface area (Å²) >= 11 is 7.54. The van der Waals surface area contributed by atoms with Gasteiger partial charge in [-0.1, -0.05) is 27.6 Å². The predicted molar refractivity (Wildman–Crippen MR) is 117 cm³/mol. The molecule has 0 aliphatic carbocycles. The number of halogens is 2. The van der Waals surface area contributed by atoms with Gasteiger partial charge in [0.2, 0.25) is 17.3 Å². The van der Waals surface area contributed by atoms with Crippen LogP contribution >= 0.6 is 23.4 Å². The second-order valence-corrected chi connectivity index (χ2v) is 8.07. The maximum Gasteiger partial charge on any atom is 0.294 e. The van der Waals surface area contributed by atoms with Gasteiger partial charge in [0, 0.05) is 17.0 Å². The molecule has 31 heavy (non-hydrogen) atoms. The second-order valence-electron chi connectivity index (χ2n) is 6.63. The molecule has 0 unspecified atom stereocenters. The zero-order valence-electron chi connectivity index (χ0n) is 16.9. The Kier molecular flexibility index (Phi) is 6.15. The minimum atomic E-state index is -0.337. The number of nitrogens with zero attached hydrogens (tertiary/aromatic N) is 3. The molecule has 0 amide bonds. The number of H-pyrrole nitrogens is 1. The van der Waals surface area contributed by atoms with Gasteiger partial charge in [0.15, 0.2) is 5.52 Å². The number of aryl methyl sites for hydroxylation is 1. The van der Waals surface area contributed by atoms with Crippen molar-refractivity contribution >= 4 is 40.3 Å². The molecule has 4 rings (SSSR count). The van der Waals surface area contributed by atoms with Crippen LogP contribution in [0, 0.1) is 5.82 Å². The van der Waals surface area contributed by atoms with E-state index in [1.54, 1.807) is 32.7 Å². The van der Waals surface area contributed by atoms with Gasteiger partial charge < -0.3 is 20.2 Å². The molecular weight excluding hydrogens is 441 g/mol. The highest BCUT2D eigenvalue weighted by Crippen LogP contribution is 2.36. The monoisotopic (exact) mass is 460 g/mol. The van der Waals surface area contributed by atoms with Crippen molar-refractivity contribution in [2.75, 3.05) is 20.0 Å². The summed E-state index contributed by atoms with van der Waals surface area (Å²) in [5.41, 5.74) is 7.73. The van der Waals surface area contributed by atoms with Gasteiger partial charge in [-0.25, -0.2) is 8.96 Å². The molecule has 0 atom stereocenters. The first-order chi connectivity index (χ1) is 15.0. The number of imidazole rings is 1. The van der Waals surface area contributed by atoms with Gasteiger partial charge in [-0.2, -0.15) is 0 Å². The third kappa shape index (κ3) is 4.38. The maximum atomic E-state index is 14.1. The van der Waals surface area contributed by atoms with Gasteiger partial charge in [-0.15, -0.1) is 0 Å². The number of fused-ring (bicyclic) bond motifs is 1. The van der Waals surface area contributed by atoms with E-state index in [1.807, 2.05) is 22.8 Å². The van der Waals surface area contributed by atoms with E-state index < -0.39 is 0 Å². The lowest BCUT2D eigenvalue weighted by atomic mass is 10.1. The Labute approximate surface area is 187 Å². The Morgan fingerprint density at radius 1 is 1.23 bits per heavy atom. The van der Waals surface area contributed by atoms with Crippen LogP contribution in [0.25, 0.3) is 11.2 Å². The van der Waals surface area contributed by atoms with Crippen molar-refractivity contribution in [3.8, 4) is 11.5 Å². The number of nitrogens with one attached hydrogen (secondary N) is 1. The number of hydrogen-bond donors (Lipinski definition) is 2. The van der Waals surface area contributed by atoms with Gasteiger partial charge >= 0.3 is 0 Å². The number of rotatable bonds is 7. The molecule has 0 aliphatic rings. The van der Waals surface area contributed by atoms with E-state index in [4.69, 9.17) is 26.8 Å². The highest BCUT2D eigenvalue weighted by atomic mass is 35.5. The Bertz CT molecular complexity index is 1230. The lowest BCUT2D eigenvalue weighted by molar-refractivity contribution is -0.675. The van der Waals surface area contributed by atoms with Crippen LogP contribution in [-0.4, -0.2) is 29.2 Å². The summed E-state index contributed by atoms with van der Waals surface area (Å²) in [6, 6.07) is 10.2. The molecule has 0 saturated heterocycles.